The fourth-order valence-corrected chi connectivity index (χ4v) is 2.42. The van der Waals surface area contributed by atoms with Crippen molar-refractivity contribution in [3.05, 3.63) is 71.5 Å². The first-order valence-corrected chi connectivity index (χ1v) is 7.45. The van der Waals surface area contributed by atoms with Crippen LogP contribution in [0.25, 0.3) is 0 Å². The lowest BCUT2D eigenvalue weighted by molar-refractivity contribution is -0.885. The summed E-state index contributed by atoms with van der Waals surface area (Å²) in [5.41, 5.74) is 1.70. The molecule has 0 aliphatic carbocycles. The Balaban J connectivity index is 1.85. The minimum Gasteiger partial charge on any atom is -0.345 e. The molecule has 1 amide bonds. The van der Waals surface area contributed by atoms with Crippen molar-refractivity contribution in [1.82, 2.24) is 5.32 Å². The zero-order chi connectivity index (χ0) is 15.9. The van der Waals surface area contributed by atoms with Crippen LogP contribution in [-0.4, -0.2) is 19.5 Å². The lowest BCUT2D eigenvalue weighted by atomic mass is 10.1. The first-order valence-electron chi connectivity index (χ1n) is 7.45. The maximum absolute atomic E-state index is 13.6. The molecule has 4 heteroatoms. The van der Waals surface area contributed by atoms with Crippen molar-refractivity contribution in [2.75, 3.05) is 13.6 Å². The number of halogens is 1. The van der Waals surface area contributed by atoms with Gasteiger partial charge < -0.3 is 10.2 Å². The second-order valence-corrected chi connectivity index (χ2v) is 5.60. The largest absolute Gasteiger partial charge is 0.345 e. The van der Waals surface area contributed by atoms with Gasteiger partial charge in [-0.3, -0.25) is 4.79 Å². The molecule has 0 fully saturated rings. The number of benzene rings is 2. The lowest BCUT2D eigenvalue weighted by Crippen LogP contribution is -3.09. The summed E-state index contributed by atoms with van der Waals surface area (Å²) in [6.07, 6.45) is 0. The standard InChI is InChI=1S/C18H21FN2O/c1-14(15-8-4-3-5-9-15)20-18(22)13-21(2)12-16-10-6-7-11-17(16)19/h3-11,14H,12-13H2,1-2H3,(H,20,22)/p+1/t14-/m1/s1. The summed E-state index contributed by atoms with van der Waals surface area (Å²) >= 11 is 0. The number of hydrogen-bond acceptors (Lipinski definition) is 1. The molecule has 116 valence electrons. The molecular formula is C18H22FN2O+. The fourth-order valence-electron chi connectivity index (χ4n) is 2.42. The highest BCUT2D eigenvalue weighted by atomic mass is 19.1. The lowest BCUT2D eigenvalue weighted by Gasteiger charge is -2.17. The van der Waals surface area contributed by atoms with Gasteiger partial charge in [-0.2, -0.15) is 0 Å². The number of amides is 1. The van der Waals surface area contributed by atoms with Crippen molar-refractivity contribution in [3.8, 4) is 0 Å². The maximum atomic E-state index is 13.6. The number of carbonyl (C=O) groups is 1. The molecular weight excluding hydrogens is 279 g/mol. The van der Waals surface area contributed by atoms with E-state index < -0.39 is 0 Å². The molecule has 0 heterocycles. The van der Waals surface area contributed by atoms with E-state index in [-0.39, 0.29) is 17.8 Å². The van der Waals surface area contributed by atoms with E-state index in [9.17, 15) is 9.18 Å². The van der Waals surface area contributed by atoms with Crippen LogP contribution in [0.5, 0.6) is 0 Å². The monoisotopic (exact) mass is 301 g/mol. The third kappa shape index (κ3) is 4.67. The van der Waals surface area contributed by atoms with Crippen LogP contribution in [0.3, 0.4) is 0 Å². The average molecular weight is 301 g/mol. The Kier molecular flexibility index (Phi) is 5.67. The van der Waals surface area contributed by atoms with Crippen molar-refractivity contribution < 1.29 is 14.1 Å². The van der Waals surface area contributed by atoms with Gasteiger partial charge >= 0.3 is 0 Å². The molecule has 0 bridgehead atoms. The Hall–Kier alpha value is -2.20. The Morgan fingerprint density at radius 2 is 1.77 bits per heavy atom. The summed E-state index contributed by atoms with van der Waals surface area (Å²) in [4.78, 5) is 13.0. The number of carbonyl (C=O) groups excluding carboxylic acids is 1. The Labute approximate surface area is 130 Å². The summed E-state index contributed by atoms with van der Waals surface area (Å²) in [5.74, 6) is -0.259. The number of hydrogen-bond donors (Lipinski definition) is 2. The summed E-state index contributed by atoms with van der Waals surface area (Å²) in [6.45, 7) is 2.75. The summed E-state index contributed by atoms with van der Waals surface area (Å²) in [6, 6.07) is 16.5. The zero-order valence-electron chi connectivity index (χ0n) is 13.0. The molecule has 0 saturated carbocycles. The van der Waals surface area contributed by atoms with Crippen molar-refractivity contribution in [2.24, 2.45) is 0 Å². The molecule has 1 unspecified atom stereocenters. The quantitative estimate of drug-likeness (QED) is 0.837. The topological polar surface area (TPSA) is 33.5 Å². The maximum Gasteiger partial charge on any atom is 0.275 e. The minimum atomic E-state index is -0.222. The SMILES string of the molecule is C[C@@H](NC(=O)C[NH+](C)Cc1ccccc1F)c1ccccc1. The molecule has 2 atom stereocenters. The van der Waals surface area contributed by atoms with E-state index >= 15 is 0 Å². The molecule has 0 spiro atoms. The minimum absolute atomic E-state index is 0.0324. The third-order valence-corrected chi connectivity index (χ3v) is 3.59. The van der Waals surface area contributed by atoms with E-state index in [0.29, 0.717) is 18.7 Å². The van der Waals surface area contributed by atoms with Gasteiger partial charge in [0.15, 0.2) is 6.54 Å². The predicted octanol–water partition coefficient (Wildman–Crippen LogP) is 1.72. The number of likely N-dealkylation sites (N-methyl/N-ethyl adjacent to an activating group) is 1. The van der Waals surface area contributed by atoms with Crippen LogP contribution in [0.2, 0.25) is 0 Å². The van der Waals surface area contributed by atoms with Crippen LogP contribution >= 0.6 is 0 Å². The molecule has 3 nitrogen and oxygen atoms in total. The Morgan fingerprint density at radius 1 is 1.14 bits per heavy atom. The first kappa shape index (κ1) is 16.2. The number of rotatable bonds is 6. The van der Waals surface area contributed by atoms with E-state index in [1.165, 1.54) is 6.07 Å². The van der Waals surface area contributed by atoms with Crippen LogP contribution < -0.4 is 10.2 Å². The first-order chi connectivity index (χ1) is 10.6. The summed E-state index contributed by atoms with van der Waals surface area (Å²) < 4.78 is 13.6. The summed E-state index contributed by atoms with van der Waals surface area (Å²) in [5, 5.41) is 2.97. The molecule has 0 aromatic heterocycles. The molecule has 0 saturated heterocycles. The molecule has 2 rings (SSSR count). The van der Waals surface area contributed by atoms with E-state index in [2.05, 4.69) is 5.32 Å². The average Bonchev–Trinajstić information content (AvgIpc) is 2.50. The van der Waals surface area contributed by atoms with Crippen LogP contribution in [0.1, 0.15) is 24.1 Å². The fraction of sp³-hybridized carbons (Fsp3) is 0.278. The molecule has 2 aromatic carbocycles. The smallest absolute Gasteiger partial charge is 0.275 e. The van der Waals surface area contributed by atoms with E-state index in [4.69, 9.17) is 0 Å². The van der Waals surface area contributed by atoms with Crippen molar-refractivity contribution >= 4 is 5.91 Å². The Morgan fingerprint density at radius 3 is 2.45 bits per heavy atom. The molecule has 2 aromatic rings. The molecule has 22 heavy (non-hydrogen) atoms. The number of quaternary nitrogens is 1. The van der Waals surface area contributed by atoms with Gasteiger partial charge in [0.1, 0.15) is 12.4 Å². The number of nitrogens with one attached hydrogen (secondary N) is 2. The highest BCUT2D eigenvalue weighted by molar-refractivity contribution is 5.77. The molecule has 2 N–H and O–H groups in total. The molecule has 0 aliphatic heterocycles. The van der Waals surface area contributed by atoms with Gasteiger partial charge in [0.2, 0.25) is 0 Å². The third-order valence-electron chi connectivity index (χ3n) is 3.59. The van der Waals surface area contributed by atoms with Gasteiger partial charge in [0.25, 0.3) is 5.91 Å². The van der Waals surface area contributed by atoms with Crippen molar-refractivity contribution in [1.29, 1.82) is 0 Å². The van der Waals surface area contributed by atoms with E-state index in [1.54, 1.807) is 12.1 Å². The van der Waals surface area contributed by atoms with Crippen LogP contribution in [0.15, 0.2) is 54.6 Å². The molecule has 0 radical (unpaired) electrons. The van der Waals surface area contributed by atoms with Gasteiger partial charge in [-0.05, 0) is 18.6 Å². The van der Waals surface area contributed by atoms with Crippen molar-refractivity contribution in [2.45, 2.75) is 19.5 Å². The predicted molar refractivity (Wildman–Crippen MR) is 84.9 cm³/mol. The second-order valence-electron chi connectivity index (χ2n) is 5.60. The highest BCUT2D eigenvalue weighted by Crippen LogP contribution is 2.10. The highest BCUT2D eigenvalue weighted by Gasteiger charge is 2.15. The van der Waals surface area contributed by atoms with E-state index in [1.807, 2.05) is 50.4 Å². The van der Waals surface area contributed by atoms with Gasteiger partial charge in [-0.15, -0.1) is 0 Å². The second kappa shape index (κ2) is 7.71. The van der Waals surface area contributed by atoms with Crippen LogP contribution in [0.4, 0.5) is 4.39 Å². The van der Waals surface area contributed by atoms with Crippen LogP contribution in [0, 0.1) is 5.82 Å². The van der Waals surface area contributed by atoms with Gasteiger partial charge in [0.05, 0.1) is 13.1 Å². The Bertz CT molecular complexity index is 615. The zero-order valence-corrected chi connectivity index (χ0v) is 13.0. The normalized spacial score (nSPS) is 13.4. The van der Waals surface area contributed by atoms with Crippen LogP contribution in [-0.2, 0) is 11.3 Å². The molecule has 0 aliphatic rings. The summed E-state index contributed by atoms with van der Waals surface area (Å²) in [7, 11) is 1.89. The van der Waals surface area contributed by atoms with E-state index in [0.717, 1.165) is 10.5 Å². The van der Waals surface area contributed by atoms with Gasteiger partial charge in [-0.1, -0.05) is 48.5 Å². The van der Waals surface area contributed by atoms with Gasteiger partial charge in [-0.25, -0.2) is 4.39 Å². The van der Waals surface area contributed by atoms with Gasteiger partial charge in [0, 0.05) is 5.56 Å². The van der Waals surface area contributed by atoms with Crippen molar-refractivity contribution in [3.63, 3.8) is 0 Å².